The molecular formula is C25H40N2O3. The number of hydrogen-bond donors (Lipinski definition) is 4. The molecule has 4 rings (SSSR count). The Hall–Kier alpha value is -1.14. The van der Waals surface area contributed by atoms with E-state index in [2.05, 4.69) is 37.9 Å². The van der Waals surface area contributed by atoms with Crippen LogP contribution in [0.1, 0.15) is 64.0 Å². The largest absolute Gasteiger partial charge is 0.508 e. The highest BCUT2D eigenvalue weighted by atomic mass is 16.3. The standard InChI is InChI=1S/C25H40N2O3/c1-16(2)14-26-22-12-25(30)18(4)27(15-19-6-7-19)10-9-24(25,13-23(22)29)21-11-20(28)8-5-17(21)3/h5,8,11,16,18-19,22-23,26,28-30H,6-7,9-10,12-15H2,1-4H3/t18-,22-,23+,24-,25-/m1/s1. The zero-order chi connectivity index (χ0) is 21.7. The smallest absolute Gasteiger partial charge is 0.115 e. The number of aromatic hydroxyl groups is 1. The third-order valence-corrected chi connectivity index (χ3v) is 8.16. The minimum absolute atomic E-state index is 0.00412. The second-order valence-corrected chi connectivity index (χ2v) is 10.8. The van der Waals surface area contributed by atoms with Gasteiger partial charge in [-0.2, -0.15) is 0 Å². The molecule has 1 saturated heterocycles. The van der Waals surface area contributed by atoms with Crippen LogP contribution in [0.2, 0.25) is 0 Å². The summed E-state index contributed by atoms with van der Waals surface area (Å²) < 4.78 is 0. The van der Waals surface area contributed by atoms with Crippen molar-refractivity contribution >= 4 is 0 Å². The van der Waals surface area contributed by atoms with Crippen molar-refractivity contribution in [2.45, 2.75) is 89.0 Å². The first-order valence-corrected chi connectivity index (χ1v) is 11.8. The van der Waals surface area contributed by atoms with Gasteiger partial charge >= 0.3 is 0 Å². The Morgan fingerprint density at radius 3 is 2.63 bits per heavy atom. The van der Waals surface area contributed by atoms with E-state index in [1.165, 1.54) is 12.8 Å². The van der Waals surface area contributed by atoms with Crippen molar-refractivity contribution in [3.8, 4) is 5.75 Å². The molecule has 2 aliphatic carbocycles. The predicted molar refractivity (Wildman–Crippen MR) is 120 cm³/mol. The molecule has 4 N–H and O–H groups in total. The molecule has 1 aromatic carbocycles. The van der Waals surface area contributed by atoms with Gasteiger partial charge in [0, 0.05) is 24.0 Å². The van der Waals surface area contributed by atoms with E-state index in [0.717, 1.165) is 43.1 Å². The number of benzene rings is 1. The van der Waals surface area contributed by atoms with Crippen LogP contribution < -0.4 is 5.32 Å². The fourth-order valence-corrected chi connectivity index (χ4v) is 6.14. The Bertz CT molecular complexity index is 765. The maximum Gasteiger partial charge on any atom is 0.115 e. The molecule has 1 aliphatic heterocycles. The Balaban J connectivity index is 1.73. The molecule has 0 radical (unpaired) electrons. The summed E-state index contributed by atoms with van der Waals surface area (Å²) in [7, 11) is 0. The molecule has 0 amide bonds. The minimum Gasteiger partial charge on any atom is -0.508 e. The fraction of sp³-hybridized carbons (Fsp3) is 0.760. The van der Waals surface area contributed by atoms with Gasteiger partial charge in [-0.3, -0.25) is 4.90 Å². The van der Waals surface area contributed by atoms with Crippen molar-refractivity contribution in [3.63, 3.8) is 0 Å². The van der Waals surface area contributed by atoms with Crippen LogP contribution in [-0.4, -0.2) is 63.6 Å². The van der Waals surface area contributed by atoms with Gasteiger partial charge in [-0.25, -0.2) is 0 Å². The number of piperidine rings is 1. The molecule has 0 unspecified atom stereocenters. The van der Waals surface area contributed by atoms with Crippen LogP contribution in [0.3, 0.4) is 0 Å². The lowest BCUT2D eigenvalue weighted by atomic mass is 9.52. The molecule has 5 heteroatoms. The second-order valence-electron chi connectivity index (χ2n) is 10.8. The van der Waals surface area contributed by atoms with Gasteiger partial charge in [0.2, 0.25) is 0 Å². The van der Waals surface area contributed by atoms with Gasteiger partial charge in [0.05, 0.1) is 11.7 Å². The van der Waals surface area contributed by atoms with Crippen LogP contribution in [0.4, 0.5) is 0 Å². The summed E-state index contributed by atoms with van der Waals surface area (Å²) in [5.74, 6) is 1.49. The zero-order valence-corrected chi connectivity index (χ0v) is 19.1. The third kappa shape index (κ3) is 3.79. The first-order valence-electron chi connectivity index (χ1n) is 11.8. The molecule has 5 nitrogen and oxygen atoms in total. The molecule has 0 bridgehead atoms. The molecule has 168 valence electrons. The van der Waals surface area contributed by atoms with Crippen molar-refractivity contribution in [2.24, 2.45) is 11.8 Å². The Morgan fingerprint density at radius 1 is 1.23 bits per heavy atom. The van der Waals surface area contributed by atoms with Gasteiger partial charge in [0.25, 0.3) is 0 Å². The van der Waals surface area contributed by atoms with E-state index in [1.807, 2.05) is 12.1 Å². The molecule has 0 spiro atoms. The summed E-state index contributed by atoms with van der Waals surface area (Å²) in [6.45, 7) is 11.4. The number of aliphatic hydroxyl groups is 2. The summed E-state index contributed by atoms with van der Waals surface area (Å²) in [6.07, 6.45) is 3.93. The molecule has 5 atom stereocenters. The number of likely N-dealkylation sites (tertiary alicyclic amines) is 1. The van der Waals surface area contributed by atoms with E-state index in [0.29, 0.717) is 18.8 Å². The quantitative estimate of drug-likeness (QED) is 0.574. The molecule has 1 aromatic rings. The minimum atomic E-state index is -0.966. The number of aliphatic hydroxyl groups excluding tert-OH is 1. The number of aryl methyl sites for hydroxylation is 1. The fourth-order valence-electron chi connectivity index (χ4n) is 6.14. The van der Waals surface area contributed by atoms with E-state index in [4.69, 9.17) is 0 Å². The highest BCUT2D eigenvalue weighted by Gasteiger charge is 2.63. The zero-order valence-electron chi connectivity index (χ0n) is 19.1. The molecule has 0 aromatic heterocycles. The van der Waals surface area contributed by atoms with Crippen LogP contribution in [0.15, 0.2) is 18.2 Å². The number of phenols is 1. The van der Waals surface area contributed by atoms with E-state index in [9.17, 15) is 15.3 Å². The molecule has 1 heterocycles. The predicted octanol–water partition coefficient (Wildman–Crippen LogP) is 2.94. The van der Waals surface area contributed by atoms with E-state index in [-0.39, 0.29) is 17.8 Å². The average Bonchev–Trinajstić information content (AvgIpc) is 3.50. The Kier molecular flexibility index (Phi) is 5.95. The normalized spacial score (nSPS) is 37.4. The van der Waals surface area contributed by atoms with Crippen LogP contribution in [0.5, 0.6) is 5.75 Å². The van der Waals surface area contributed by atoms with Gasteiger partial charge in [-0.15, -0.1) is 0 Å². The molecule has 3 aliphatic rings. The van der Waals surface area contributed by atoms with Crippen molar-refractivity contribution in [3.05, 3.63) is 29.3 Å². The molecular weight excluding hydrogens is 376 g/mol. The lowest BCUT2D eigenvalue weighted by Crippen LogP contribution is -2.73. The van der Waals surface area contributed by atoms with Crippen LogP contribution in [0.25, 0.3) is 0 Å². The van der Waals surface area contributed by atoms with Gasteiger partial charge in [-0.1, -0.05) is 19.9 Å². The van der Waals surface area contributed by atoms with Crippen LogP contribution >= 0.6 is 0 Å². The first-order chi connectivity index (χ1) is 14.2. The number of nitrogens with one attached hydrogen (secondary N) is 1. The monoisotopic (exact) mass is 416 g/mol. The van der Waals surface area contributed by atoms with Crippen molar-refractivity contribution in [1.82, 2.24) is 10.2 Å². The van der Waals surface area contributed by atoms with E-state index >= 15 is 0 Å². The third-order valence-electron chi connectivity index (χ3n) is 8.16. The second kappa shape index (κ2) is 8.09. The summed E-state index contributed by atoms with van der Waals surface area (Å²) >= 11 is 0. The molecule has 2 saturated carbocycles. The number of rotatable bonds is 6. The maximum atomic E-state index is 12.5. The van der Waals surface area contributed by atoms with E-state index < -0.39 is 17.1 Å². The highest BCUT2D eigenvalue weighted by molar-refractivity contribution is 5.44. The van der Waals surface area contributed by atoms with Gasteiger partial charge < -0.3 is 20.6 Å². The van der Waals surface area contributed by atoms with E-state index in [1.54, 1.807) is 6.07 Å². The summed E-state index contributed by atoms with van der Waals surface area (Å²) in [4.78, 5) is 2.48. The summed E-state index contributed by atoms with van der Waals surface area (Å²) in [5, 5.41) is 37.5. The summed E-state index contributed by atoms with van der Waals surface area (Å²) in [5.41, 5.74) is 0.566. The van der Waals surface area contributed by atoms with Crippen LogP contribution in [-0.2, 0) is 5.41 Å². The highest BCUT2D eigenvalue weighted by Crippen LogP contribution is 2.55. The van der Waals surface area contributed by atoms with Gasteiger partial charge in [-0.05, 0) is 94.1 Å². The van der Waals surface area contributed by atoms with Gasteiger partial charge in [0.1, 0.15) is 5.75 Å². The number of nitrogens with zero attached hydrogens (tertiary/aromatic N) is 1. The SMILES string of the molecule is Cc1ccc(O)cc1[C@]12CCN(CC3CC3)[C@H](C)[C@]1(O)C[C@@H](NCC(C)C)[C@@H](O)C2. The Morgan fingerprint density at radius 2 is 1.97 bits per heavy atom. The summed E-state index contributed by atoms with van der Waals surface area (Å²) in [6, 6.07) is 5.37. The Labute approximate surface area is 181 Å². The lowest BCUT2D eigenvalue weighted by molar-refractivity contribution is -0.179. The average molecular weight is 417 g/mol. The van der Waals surface area contributed by atoms with Crippen molar-refractivity contribution < 1.29 is 15.3 Å². The number of phenolic OH excluding ortho intramolecular Hbond substituents is 1. The lowest BCUT2D eigenvalue weighted by Gasteiger charge is -2.62. The first kappa shape index (κ1) is 22.1. The van der Waals surface area contributed by atoms with Crippen molar-refractivity contribution in [2.75, 3.05) is 19.6 Å². The molecule has 30 heavy (non-hydrogen) atoms. The topological polar surface area (TPSA) is 76.0 Å². The van der Waals surface area contributed by atoms with Crippen LogP contribution in [0, 0.1) is 18.8 Å². The number of hydrogen-bond acceptors (Lipinski definition) is 5. The van der Waals surface area contributed by atoms with Crippen molar-refractivity contribution in [1.29, 1.82) is 0 Å². The maximum absolute atomic E-state index is 12.5. The number of fused-ring (bicyclic) bond motifs is 1. The van der Waals surface area contributed by atoms with Gasteiger partial charge in [0.15, 0.2) is 0 Å². The molecule has 3 fully saturated rings.